The lowest BCUT2D eigenvalue weighted by molar-refractivity contribution is -0.128. The summed E-state index contributed by atoms with van der Waals surface area (Å²) in [7, 11) is 3.35. The van der Waals surface area contributed by atoms with Crippen LogP contribution in [0.25, 0.3) is 11.0 Å². The fourth-order valence-electron chi connectivity index (χ4n) is 3.87. The largest absolute Gasteiger partial charge is 0.497 e. The van der Waals surface area contributed by atoms with Gasteiger partial charge in [0.15, 0.2) is 0 Å². The minimum Gasteiger partial charge on any atom is -0.497 e. The standard InChI is InChI=1S/C22H25N3O3/c1-27-12-11-25-20-6-4-3-5-19(20)23-22(25)17-13-21(26)24(15-17)14-16-7-9-18(28-2)10-8-16/h3-10,17H,11-15H2,1-2H3/t17-/m1/s1. The first-order valence-corrected chi connectivity index (χ1v) is 9.54. The van der Waals surface area contributed by atoms with Gasteiger partial charge in [-0.05, 0) is 29.8 Å². The number of benzene rings is 2. The molecule has 0 saturated carbocycles. The van der Waals surface area contributed by atoms with Crippen molar-refractivity contribution in [3.63, 3.8) is 0 Å². The predicted octanol–water partition coefficient (Wildman–Crippen LogP) is 3.21. The summed E-state index contributed by atoms with van der Waals surface area (Å²) in [5, 5.41) is 0. The molecule has 6 nitrogen and oxygen atoms in total. The molecular formula is C22H25N3O3. The van der Waals surface area contributed by atoms with Crippen molar-refractivity contribution in [3.8, 4) is 5.75 Å². The van der Waals surface area contributed by atoms with Crippen LogP contribution in [0.15, 0.2) is 48.5 Å². The lowest BCUT2D eigenvalue weighted by Gasteiger charge is -2.17. The highest BCUT2D eigenvalue weighted by Gasteiger charge is 2.33. The minimum absolute atomic E-state index is 0.0926. The molecule has 0 unspecified atom stereocenters. The molecule has 2 heterocycles. The highest BCUT2D eigenvalue weighted by molar-refractivity contribution is 5.81. The number of amides is 1. The van der Waals surface area contributed by atoms with Crippen LogP contribution in [0, 0.1) is 0 Å². The van der Waals surface area contributed by atoms with Gasteiger partial charge in [0.2, 0.25) is 5.91 Å². The van der Waals surface area contributed by atoms with Gasteiger partial charge in [-0.2, -0.15) is 0 Å². The van der Waals surface area contributed by atoms with Crippen LogP contribution in [-0.4, -0.2) is 47.7 Å². The third-order valence-electron chi connectivity index (χ3n) is 5.32. The molecule has 1 aliphatic heterocycles. The quantitative estimate of drug-likeness (QED) is 0.633. The van der Waals surface area contributed by atoms with Crippen molar-refractivity contribution in [2.24, 2.45) is 0 Å². The fourth-order valence-corrected chi connectivity index (χ4v) is 3.87. The van der Waals surface area contributed by atoms with Gasteiger partial charge in [-0.1, -0.05) is 24.3 Å². The second kappa shape index (κ2) is 8.02. The van der Waals surface area contributed by atoms with Crippen LogP contribution < -0.4 is 4.74 Å². The molecule has 1 amide bonds. The molecule has 0 radical (unpaired) electrons. The van der Waals surface area contributed by atoms with E-state index in [-0.39, 0.29) is 11.8 Å². The summed E-state index contributed by atoms with van der Waals surface area (Å²) >= 11 is 0. The lowest BCUT2D eigenvalue weighted by atomic mass is 10.1. The van der Waals surface area contributed by atoms with E-state index in [1.165, 1.54) is 0 Å². The lowest BCUT2D eigenvalue weighted by Crippen LogP contribution is -2.24. The second-order valence-electron chi connectivity index (χ2n) is 7.13. The fraction of sp³-hybridized carbons (Fsp3) is 0.364. The maximum atomic E-state index is 12.7. The molecule has 0 aliphatic carbocycles. The van der Waals surface area contributed by atoms with Crippen LogP contribution in [0.2, 0.25) is 0 Å². The topological polar surface area (TPSA) is 56.6 Å². The summed E-state index contributed by atoms with van der Waals surface area (Å²) in [5.41, 5.74) is 3.16. The normalized spacial score (nSPS) is 16.9. The van der Waals surface area contributed by atoms with E-state index >= 15 is 0 Å². The van der Waals surface area contributed by atoms with Gasteiger partial charge in [0.1, 0.15) is 11.6 Å². The van der Waals surface area contributed by atoms with Crippen LogP contribution in [0.1, 0.15) is 23.7 Å². The van der Waals surface area contributed by atoms with E-state index in [1.807, 2.05) is 47.4 Å². The Kier molecular flexibility index (Phi) is 5.30. The van der Waals surface area contributed by atoms with E-state index in [2.05, 4.69) is 10.6 Å². The number of imidazole rings is 1. The number of hydrogen-bond donors (Lipinski definition) is 0. The summed E-state index contributed by atoms with van der Waals surface area (Å²) < 4.78 is 12.7. The van der Waals surface area contributed by atoms with Crippen LogP contribution >= 0.6 is 0 Å². The second-order valence-corrected chi connectivity index (χ2v) is 7.13. The molecule has 1 saturated heterocycles. The van der Waals surface area contributed by atoms with Crippen molar-refractivity contribution in [2.75, 3.05) is 27.4 Å². The zero-order chi connectivity index (χ0) is 19.5. The van der Waals surface area contributed by atoms with Crippen LogP contribution in [0.4, 0.5) is 0 Å². The molecule has 4 rings (SSSR count). The van der Waals surface area contributed by atoms with E-state index in [9.17, 15) is 4.79 Å². The molecular weight excluding hydrogens is 354 g/mol. The Morgan fingerprint density at radius 1 is 1.11 bits per heavy atom. The Bertz CT molecular complexity index is 965. The predicted molar refractivity (Wildman–Crippen MR) is 107 cm³/mol. The van der Waals surface area contributed by atoms with Crippen LogP contribution in [0.5, 0.6) is 5.75 Å². The number of methoxy groups -OCH3 is 2. The Morgan fingerprint density at radius 2 is 1.89 bits per heavy atom. The average molecular weight is 379 g/mol. The monoisotopic (exact) mass is 379 g/mol. The molecule has 1 atom stereocenters. The molecule has 0 bridgehead atoms. The molecule has 1 aliphatic rings. The van der Waals surface area contributed by atoms with Crippen LogP contribution in [0.3, 0.4) is 0 Å². The first-order chi connectivity index (χ1) is 13.7. The van der Waals surface area contributed by atoms with Gasteiger partial charge in [-0.25, -0.2) is 4.98 Å². The molecule has 0 N–H and O–H groups in total. The van der Waals surface area contributed by atoms with E-state index in [1.54, 1.807) is 14.2 Å². The van der Waals surface area contributed by atoms with E-state index < -0.39 is 0 Å². The van der Waals surface area contributed by atoms with Crippen molar-refractivity contribution in [1.29, 1.82) is 0 Å². The average Bonchev–Trinajstić information content (AvgIpc) is 3.27. The van der Waals surface area contributed by atoms with Crippen molar-refractivity contribution < 1.29 is 14.3 Å². The first kappa shape index (κ1) is 18.5. The molecule has 3 aromatic rings. The maximum Gasteiger partial charge on any atom is 0.223 e. The van der Waals surface area contributed by atoms with Crippen LogP contribution in [-0.2, 0) is 22.6 Å². The molecule has 1 aromatic heterocycles. The van der Waals surface area contributed by atoms with E-state index in [0.29, 0.717) is 26.1 Å². The number of likely N-dealkylation sites (tertiary alicyclic amines) is 1. The Morgan fingerprint density at radius 3 is 2.64 bits per heavy atom. The van der Waals surface area contributed by atoms with E-state index in [4.69, 9.17) is 14.5 Å². The van der Waals surface area contributed by atoms with Gasteiger partial charge >= 0.3 is 0 Å². The summed E-state index contributed by atoms with van der Waals surface area (Å²) in [5.74, 6) is 2.06. The molecule has 146 valence electrons. The Hall–Kier alpha value is -2.86. The summed E-state index contributed by atoms with van der Waals surface area (Å²) in [4.78, 5) is 19.4. The molecule has 28 heavy (non-hydrogen) atoms. The molecule has 6 heteroatoms. The first-order valence-electron chi connectivity index (χ1n) is 9.54. The maximum absolute atomic E-state index is 12.7. The zero-order valence-corrected chi connectivity index (χ0v) is 16.3. The van der Waals surface area contributed by atoms with Crippen molar-refractivity contribution >= 4 is 16.9 Å². The SMILES string of the molecule is COCCn1c([C@@H]2CC(=O)N(Cc3ccc(OC)cc3)C2)nc2ccccc21. The minimum atomic E-state index is 0.0926. The molecule has 0 spiro atoms. The number of aromatic nitrogens is 2. The van der Waals surface area contributed by atoms with Crippen molar-refractivity contribution in [1.82, 2.24) is 14.5 Å². The highest BCUT2D eigenvalue weighted by atomic mass is 16.5. The third-order valence-corrected chi connectivity index (χ3v) is 5.32. The number of carbonyl (C=O) groups excluding carboxylic acids is 1. The third kappa shape index (κ3) is 3.60. The van der Waals surface area contributed by atoms with Gasteiger partial charge in [0.05, 0.1) is 24.8 Å². The van der Waals surface area contributed by atoms with Gasteiger partial charge in [-0.3, -0.25) is 4.79 Å². The highest BCUT2D eigenvalue weighted by Crippen LogP contribution is 2.31. The number of carbonyl (C=O) groups is 1. The van der Waals surface area contributed by atoms with Gasteiger partial charge < -0.3 is 18.9 Å². The Labute approximate surface area is 164 Å². The number of hydrogen-bond acceptors (Lipinski definition) is 4. The zero-order valence-electron chi connectivity index (χ0n) is 16.3. The number of ether oxygens (including phenoxy) is 2. The van der Waals surface area contributed by atoms with Crippen molar-refractivity contribution in [3.05, 3.63) is 59.9 Å². The molecule has 2 aromatic carbocycles. The van der Waals surface area contributed by atoms with E-state index in [0.717, 1.165) is 34.7 Å². The van der Waals surface area contributed by atoms with Gasteiger partial charge in [0.25, 0.3) is 0 Å². The number of rotatable bonds is 7. The summed E-state index contributed by atoms with van der Waals surface area (Å²) in [6, 6.07) is 16.0. The molecule has 1 fully saturated rings. The van der Waals surface area contributed by atoms with Gasteiger partial charge in [0, 0.05) is 39.1 Å². The number of nitrogens with zero attached hydrogens (tertiary/aromatic N) is 3. The van der Waals surface area contributed by atoms with Gasteiger partial charge in [-0.15, -0.1) is 0 Å². The van der Waals surface area contributed by atoms with Crippen molar-refractivity contribution in [2.45, 2.75) is 25.4 Å². The smallest absolute Gasteiger partial charge is 0.223 e. The Balaban J connectivity index is 1.56. The summed E-state index contributed by atoms with van der Waals surface area (Å²) in [6.07, 6.45) is 0.493. The number of para-hydroxylation sites is 2. The summed E-state index contributed by atoms with van der Waals surface area (Å²) in [6.45, 7) is 2.64. The number of fused-ring (bicyclic) bond motifs is 1.